The van der Waals surface area contributed by atoms with Gasteiger partial charge in [0.1, 0.15) is 5.75 Å². The average Bonchev–Trinajstić information content (AvgIpc) is 2.88. The maximum Gasteiger partial charge on any atom is 0.187 e. The highest BCUT2D eigenvalue weighted by Crippen LogP contribution is 2.34. The van der Waals surface area contributed by atoms with E-state index in [-0.39, 0.29) is 5.78 Å². The minimum absolute atomic E-state index is 0.0187. The number of carbonyl (C=O) groups excluding carboxylic acids is 1. The second-order valence-electron chi connectivity index (χ2n) is 9.36. The van der Waals surface area contributed by atoms with Crippen LogP contribution in [0.25, 0.3) is 17.2 Å². The molecule has 5 heteroatoms. The fraction of sp³-hybridized carbons (Fsp3) is 0.300. The van der Waals surface area contributed by atoms with Crippen LogP contribution in [0.4, 0.5) is 5.69 Å². The number of hydrogen-bond acceptors (Lipinski definition) is 5. The molecule has 1 aliphatic heterocycles. The number of likely N-dealkylation sites (N-methyl/N-ethyl adjacent to an activating group) is 1. The van der Waals surface area contributed by atoms with Gasteiger partial charge in [-0.25, -0.2) is 0 Å². The van der Waals surface area contributed by atoms with E-state index in [0.29, 0.717) is 0 Å². The zero-order valence-electron chi connectivity index (χ0n) is 21.2. The second-order valence-corrected chi connectivity index (χ2v) is 9.36. The van der Waals surface area contributed by atoms with E-state index in [1.807, 2.05) is 48.5 Å². The number of benzene rings is 3. The van der Waals surface area contributed by atoms with Crippen LogP contribution in [0.2, 0.25) is 0 Å². The van der Waals surface area contributed by atoms with Crippen molar-refractivity contribution in [1.82, 2.24) is 9.80 Å². The molecule has 1 saturated heterocycles. The van der Waals surface area contributed by atoms with Gasteiger partial charge in [-0.3, -0.25) is 4.79 Å². The second kappa shape index (κ2) is 11.3. The number of ether oxygens (including phenoxy) is 1. The molecule has 0 spiro atoms. The Morgan fingerprint density at radius 2 is 1.69 bits per heavy atom. The summed E-state index contributed by atoms with van der Waals surface area (Å²) in [5.41, 5.74) is 6.06. The predicted octanol–water partition coefficient (Wildman–Crippen LogP) is 5.07. The van der Waals surface area contributed by atoms with E-state index in [9.17, 15) is 4.79 Å². The van der Waals surface area contributed by atoms with Crippen molar-refractivity contribution >= 4 is 17.5 Å². The monoisotopic (exact) mass is 469 g/mol. The Morgan fingerprint density at radius 3 is 2.43 bits per heavy atom. The highest BCUT2D eigenvalue weighted by molar-refractivity contribution is 6.11. The number of allylic oxidation sites excluding steroid dienone is 1. The number of piperazine rings is 1. The molecule has 1 fully saturated rings. The van der Waals surface area contributed by atoms with Crippen LogP contribution in [-0.4, -0.2) is 70.0 Å². The van der Waals surface area contributed by atoms with Crippen LogP contribution in [0, 0.1) is 0 Å². The van der Waals surface area contributed by atoms with Crippen molar-refractivity contribution in [2.45, 2.75) is 6.54 Å². The topological polar surface area (TPSA) is 36.0 Å². The van der Waals surface area contributed by atoms with Gasteiger partial charge in [-0.05, 0) is 62.1 Å². The van der Waals surface area contributed by atoms with Crippen LogP contribution in [0.5, 0.6) is 5.75 Å². The summed E-state index contributed by atoms with van der Waals surface area (Å²) in [4.78, 5) is 20.3. The lowest BCUT2D eigenvalue weighted by molar-refractivity contribution is 0.104. The molecule has 4 rings (SSSR count). The van der Waals surface area contributed by atoms with Crippen LogP contribution < -0.4 is 9.64 Å². The van der Waals surface area contributed by atoms with Crippen molar-refractivity contribution in [2.24, 2.45) is 0 Å². The minimum atomic E-state index is 0.0187. The summed E-state index contributed by atoms with van der Waals surface area (Å²) in [6, 6.07) is 22.4. The van der Waals surface area contributed by atoms with E-state index in [1.54, 1.807) is 13.2 Å². The highest BCUT2D eigenvalue weighted by atomic mass is 16.5. The van der Waals surface area contributed by atoms with Gasteiger partial charge in [-0.2, -0.15) is 0 Å². The molecule has 1 aliphatic rings. The van der Waals surface area contributed by atoms with Crippen molar-refractivity contribution in [1.29, 1.82) is 0 Å². The van der Waals surface area contributed by atoms with Crippen molar-refractivity contribution in [2.75, 3.05) is 59.3 Å². The van der Waals surface area contributed by atoms with E-state index in [2.05, 4.69) is 60.1 Å². The van der Waals surface area contributed by atoms with Gasteiger partial charge >= 0.3 is 0 Å². The third kappa shape index (κ3) is 5.99. The summed E-state index contributed by atoms with van der Waals surface area (Å²) in [5, 5.41) is 0. The zero-order valence-corrected chi connectivity index (χ0v) is 21.2. The lowest BCUT2D eigenvalue weighted by atomic mass is 9.98. The number of anilines is 1. The first-order valence-corrected chi connectivity index (χ1v) is 12.1. The number of para-hydroxylation sites is 1. The molecule has 35 heavy (non-hydrogen) atoms. The molecule has 0 aliphatic carbocycles. The Hall–Kier alpha value is -3.41. The molecule has 0 atom stereocenters. The van der Waals surface area contributed by atoms with Crippen LogP contribution >= 0.6 is 0 Å². The molecule has 0 radical (unpaired) electrons. The normalized spacial score (nSPS) is 14.6. The molecule has 5 nitrogen and oxygen atoms in total. The fourth-order valence-corrected chi connectivity index (χ4v) is 4.54. The van der Waals surface area contributed by atoms with Gasteiger partial charge in [0, 0.05) is 49.5 Å². The Kier molecular flexibility index (Phi) is 8.01. The van der Waals surface area contributed by atoms with Gasteiger partial charge in [-0.15, -0.1) is 0 Å². The van der Waals surface area contributed by atoms with Crippen molar-refractivity contribution in [3.63, 3.8) is 0 Å². The number of nitrogens with zero attached hydrogens (tertiary/aromatic N) is 3. The van der Waals surface area contributed by atoms with Crippen LogP contribution in [0.3, 0.4) is 0 Å². The van der Waals surface area contributed by atoms with Gasteiger partial charge in [0.15, 0.2) is 5.78 Å². The number of carbonyl (C=O) groups is 1. The molecule has 0 N–H and O–H groups in total. The number of ketones is 1. The quantitative estimate of drug-likeness (QED) is 0.340. The Balaban J connectivity index is 1.70. The van der Waals surface area contributed by atoms with Gasteiger partial charge < -0.3 is 19.4 Å². The third-order valence-corrected chi connectivity index (χ3v) is 6.48. The Morgan fingerprint density at radius 1 is 0.971 bits per heavy atom. The molecule has 1 heterocycles. The SMILES string of the molecule is COc1ccccc1-c1ccc(C(=O)C=Cc2ccccc2CN(C)C)c(N2CCN(C)CC2)c1. The summed E-state index contributed by atoms with van der Waals surface area (Å²) < 4.78 is 5.60. The maximum absolute atomic E-state index is 13.5. The van der Waals surface area contributed by atoms with Crippen LogP contribution in [0.15, 0.2) is 72.8 Å². The van der Waals surface area contributed by atoms with Gasteiger partial charge in [0.05, 0.1) is 7.11 Å². The Labute approximate surface area is 209 Å². The average molecular weight is 470 g/mol. The maximum atomic E-state index is 13.5. The molecule has 0 aromatic heterocycles. The van der Waals surface area contributed by atoms with Crippen LogP contribution in [0.1, 0.15) is 21.5 Å². The van der Waals surface area contributed by atoms with Crippen molar-refractivity contribution in [3.05, 3.63) is 89.5 Å². The lowest BCUT2D eigenvalue weighted by Crippen LogP contribution is -2.45. The third-order valence-electron chi connectivity index (χ3n) is 6.48. The predicted molar refractivity (Wildman–Crippen MR) is 145 cm³/mol. The number of hydrogen-bond donors (Lipinski definition) is 0. The van der Waals surface area contributed by atoms with Gasteiger partial charge in [-0.1, -0.05) is 54.6 Å². The fourth-order valence-electron chi connectivity index (χ4n) is 4.54. The molecule has 0 unspecified atom stereocenters. The summed E-state index contributed by atoms with van der Waals surface area (Å²) in [6.45, 7) is 4.55. The molecule has 182 valence electrons. The molecule has 3 aromatic rings. The molecule has 0 saturated carbocycles. The first-order valence-electron chi connectivity index (χ1n) is 12.1. The van der Waals surface area contributed by atoms with E-state index < -0.39 is 0 Å². The van der Waals surface area contributed by atoms with Crippen molar-refractivity contribution < 1.29 is 9.53 Å². The first kappa shape index (κ1) is 24.7. The number of rotatable bonds is 8. The van der Waals surface area contributed by atoms with E-state index in [0.717, 1.165) is 66.4 Å². The molecular weight excluding hydrogens is 434 g/mol. The summed E-state index contributed by atoms with van der Waals surface area (Å²) in [7, 11) is 7.94. The molecule has 0 amide bonds. The summed E-state index contributed by atoms with van der Waals surface area (Å²) >= 11 is 0. The zero-order chi connectivity index (χ0) is 24.8. The number of methoxy groups -OCH3 is 1. The minimum Gasteiger partial charge on any atom is -0.496 e. The van der Waals surface area contributed by atoms with E-state index >= 15 is 0 Å². The van der Waals surface area contributed by atoms with Gasteiger partial charge in [0.25, 0.3) is 0 Å². The standard InChI is InChI=1S/C30H35N3O2/c1-31(2)22-25-10-6-5-9-23(25)14-16-29(34)27-15-13-24(26-11-7-8-12-30(26)35-4)21-28(27)33-19-17-32(3)18-20-33/h5-16,21H,17-20,22H2,1-4H3. The van der Waals surface area contributed by atoms with Gasteiger partial charge in [0.2, 0.25) is 0 Å². The molecular formula is C30H35N3O2. The smallest absolute Gasteiger partial charge is 0.187 e. The lowest BCUT2D eigenvalue weighted by Gasteiger charge is -2.35. The summed E-state index contributed by atoms with van der Waals surface area (Å²) in [5.74, 6) is 0.846. The highest BCUT2D eigenvalue weighted by Gasteiger charge is 2.21. The molecule has 3 aromatic carbocycles. The van der Waals surface area contributed by atoms with E-state index in [1.165, 1.54) is 5.56 Å². The first-order chi connectivity index (χ1) is 17.0. The van der Waals surface area contributed by atoms with Crippen molar-refractivity contribution in [3.8, 4) is 16.9 Å². The molecule has 0 bridgehead atoms. The van der Waals surface area contributed by atoms with E-state index in [4.69, 9.17) is 4.74 Å². The summed E-state index contributed by atoms with van der Waals surface area (Å²) in [6.07, 6.45) is 3.66. The largest absolute Gasteiger partial charge is 0.496 e. The Bertz CT molecular complexity index is 1190. The van der Waals surface area contributed by atoms with Crippen LogP contribution in [-0.2, 0) is 6.54 Å².